The van der Waals surface area contributed by atoms with Gasteiger partial charge in [-0.15, -0.1) is 10.2 Å². The highest BCUT2D eigenvalue weighted by atomic mass is 35.5. The van der Waals surface area contributed by atoms with Crippen molar-refractivity contribution in [1.29, 1.82) is 0 Å². The molecule has 48 heavy (non-hydrogen) atoms. The predicted octanol–water partition coefficient (Wildman–Crippen LogP) is 5.01. The molecular weight excluding hydrogens is 631 g/mol. The third-order valence-electron chi connectivity index (χ3n) is 11.7. The molecule has 5 aliphatic rings. The van der Waals surface area contributed by atoms with Crippen LogP contribution in [0.3, 0.4) is 0 Å². The van der Waals surface area contributed by atoms with Crippen LogP contribution in [0.15, 0.2) is 24.3 Å². The molecule has 7 heterocycles. The molecule has 2 saturated heterocycles. The van der Waals surface area contributed by atoms with Crippen LogP contribution in [0.2, 0.25) is 5.02 Å². The number of halogens is 2. The van der Waals surface area contributed by atoms with E-state index in [2.05, 4.69) is 61.2 Å². The van der Waals surface area contributed by atoms with Gasteiger partial charge in [0, 0.05) is 44.6 Å². The van der Waals surface area contributed by atoms with Gasteiger partial charge >= 0.3 is 6.01 Å². The highest BCUT2D eigenvalue weighted by Crippen LogP contribution is 2.48. The van der Waals surface area contributed by atoms with Crippen molar-refractivity contribution < 1.29 is 9.13 Å². The zero-order chi connectivity index (χ0) is 32.6. The third-order valence-corrected chi connectivity index (χ3v) is 12.1. The van der Waals surface area contributed by atoms with Gasteiger partial charge in [0.05, 0.1) is 34.0 Å². The maximum atomic E-state index is 14.6. The number of nitrogens with zero attached hydrogens (tertiary/aromatic N) is 9. The molecule has 1 spiro atoms. The summed E-state index contributed by atoms with van der Waals surface area (Å²) in [4.78, 5) is 20.7. The Morgan fingerprint density at radius 1 is 1.06 bits per heavy atom. The van der Waals surface area contributed by atoms with E-state index in [0.29, 0.717) is 54.5 Å². The van der Waals surface area contributed by atoms with Crippen LogP contribution in [0.25, 0.3) is 11.5 Å². The molecule has 0 saturated carbocycles. The van der Waals surface area contributed by atoms with Crippen molar-refractivity contribution in [1.82, 2.24) is 44.7 Å². The molecule has 3 aromatic heterocycles. The van der Waals surface area contributed by atoms with Gasteiger partial charge in [-0.3, -0.25) is 14.5 Å². The van der Waals surface area contributed by atoms with Crippen molar-refractivity contribution >= 4 is 17.4 Å². The predicted molar refractivity (Wildman–Crippen MR) is 180 cm³/mol. The van der Waals surface area contributed by atoms with E-state index in [4.69, 9.17) is 31.4 Å². The smallest absolute Gasteiger partial charge is 0.318 e. The number of aromatic amines is 1. The summed E-state index contributed by atoms with van der Waals surface area (Å²) in [5, 5.41) is 13.8. The molecule has 11 nitrogen and oxygen atoms in total. The van der Waals surface area contributed by atoms with Gasteiger partial charge in [0.25, 0.3) is 0 Å². The molecule has 13 heteroatoms. The van der Waals surface area contributed by atoms with Crippen LogP contribution in [-0.2, 0) is 38.0 Å². The highest BCUT2D eigenvalue weighted by molar-refractivity contribution is 6.33. The van der Waals surface area contributed by atoms with Gasteiger partial charge in [-0.25, -0.2) is 4.39 Å². The van der Waals surface area contributed by atoms with Gasteiger partial charge in [0.1, 0.15) is 30.1 Å². The summed E-state index contributed by atoms with van der Waals surface area (Å²) in [7, 11) is 2.25. The number of alkyl halides is 1. The fourth-order valence-electron chi connectivity index (χ4n) is 9.32. The molecule has 0 radical (unpaired) electrons. The fourth-order valence-corrected chi connectivity index (χ4v) is 9.61. The number of ether oxygens (including phenoxy) is 1. The van der Waals surface area contributed by atoms with Gasteiger partial charge < -0.3 is 14.6 Å². The van der Waals surface area contributed by atoms with Gasteiger partial charge in [0.15, 0.2) is 5.82 Å². The normalized spacial score (nSPS) is 27.1. The molecular formula is C35H42ClFN10O. The van der Waals surface area contributed by atoms with Crippen molar-refractivity contribution in [2.24, 2.45) is 0 Å². The summed E-state index contributed by atoms with van der Waals surface area (Å²) < 4.78 is 23.2. The van der Waals surface area contributed by atoms with E-state index in [1.807, 2.05) is 11.6 Å². The molecule has 3 atom stereocenters. The average molecular weight is 673 g/mol. The Balaban J connectivity index is 1.11. The molecule has 9 rings (SSSR count). The van der Waals surface area contributed by atoms with Crippen molar-refractivity contribution in [2.45, 2.75) is 95.2 Å². The molecule has 4 aliphatic heterocycles. The van der Waals surface area contributed by atoms with Crippen LogP contribution in [0.4, 0.5) is 10.2 Å². The Morgan fingerprint density at radius 2 is 1.96 bits per heavy atom. The number of aryl methyl sites for hydroxylation is 3. The zero-order valence-electron chi connectivity index (χ0n) is 27.7. The lowest BCUT2D eigenvalue weighted by Crippen LogP contribution is -2.51. The van der Waals surface area contributed by atoms with Gasteiger partial charge in [-0.1, -0.05) is 35.9 Å². The van der Waals surface area contributed by atoms with E-state index in [-0.39, 0.29) is 11.1 Å². The average Bonchev–Trinajstić information content (AvgIpc) is 3.79. The van der Waals surface area contributed by atoms with Crippen LogP contribution in [0.1, 0.15) is 72.4 Å². The summed E-state index contributed by atoms with van der Waals surface area (Å²) >= 11 is 7.04. The SMILES string of the molecule is Cc1nnc(-c2nn3c(c2Cl)CN(c2nc(OC[C@@]45CCCN4C[C@H](F)C5)nc4c2CN(C)[C@@]2(CCCc5ccccc52)C4)CCC3)[nH]1. The van der Waals surface area contributed by atoms with E-state index in [0.717, 1.165) is 93.9 Å². The number of H-pyrrole nitrogens is 1. The van der Waals surface area contributed by atoms with E-state index in [1.165, 1.54) is 11.1 Å². The van der Waals surface area contributed by atoms with Crippen LogP contribution >= 0.6 is 11.6 Å². The summed E-state index contributed by atoms with van der Waals surface area (Å²) in [6.07, 6.45) is 6.69. The number of nitrogens with one attached hydrogen (secondary N) is 1. The minimum atomic E-state index is -0.812. The molecule has 1 N–H and O–H groups in total. The Hall–Kier alpha value is -3.61. The van der Waals surface area contributed by atoms with Crippen molar-refractivity contribution in [3.63, 3.8) is 0 Å². The number of benzene rings is 1. The lowest BCUT2D eigenvalue weighted by atomic mass is 9.71. The van der Waals surface area contributed by atoms with Crippen LogP contribution in [0.5, 0.6) is 6.01 Å². The Labute approximate surface area is 284 Å². The van der Waals surface area contributed by atoms with Crippen LogP contribution in [-0.4, -0.2) is 89.7 Å². The van der Waals surface area contributed by atoms with E-state index < -0.39 is 6.17 Å². The van der Waals surface area contributed by atoms with Gasteiger partial charge in [0.2, 0.25) is 0 Å². The van der Waals surface area contributed by atoms with Gasteiger partial charge in [-0.05, 0) is 70.2 Å². The summed E-state index contributed by atoms with van der Waals surface area (Å²) in [6.45, 7) is 6.48. The van der Waals surface area contributed by atoms with Crippen molar-refractivity contribution in [3.05, 3.63) is 63.2 Å². The molecule has 0 amide bonds. The Kier molecular flexibility index (Phi) is 7.29. The monoisotopic (exact) mass is 672 g/mol. The van der Waals surface area contributed by atoms with Crippen LogP contribution < -0.4 is 9.64 Å². The first kappa shape index (κ1) is 30.4. The number of aromatic nitrogens is 7. The fraction of sp³-hybridized carbons (Fsp3) is 0.571. The Morgan fingerprint density at radius 3 is 2.83 bits per heavy atom. The zero-order valence-corrected chi connectivity index (χ0v) is 28.4. The summed E-state index contributed by atoms with van der Waals surface area (Å²) in [5.41, 5.74) is 6.15. The van der Waals surface area contributed by atoms with Crippen molar-refractivity contribution in [3.8, 4) is 17.5 Å². The number of likely N-dealkylation sites (N-methyl/N-ethyl adjacent to an activating group) is 1. The highest BCUT2D eigenvalue weighted by Gasteiger charge is 2.50. The molecule has 0 unspecified atom stereocenters. The number of hydrogen-bond donors (Lipinski definition) is 1. The van der Waals surface area contributed by atoms with Crippen LogP contribution in [0, 0.1) is 6.92 Å². The first-order chi connectivity index (χ1) is 23.3. The molecule has 0 bridgehead atoms. The number of anilines is 1. The Bertz CT molecular complexity index is 1880. The molecule has 252 valence electrons. The van der Waals surface area contributed by atoms with E-state index in [1.54, 1.807) is 0 Å². The minimum absolute atomic E-state index is 0.136. The maximum absolute atomic E-state index is 14.6. The molecule has 1 aliphatic carbocycles. The first-order valence-electron chi connectivity index (χ1n) is 17.4. The summed E-state index contributed by atoms with van der Waals surface area (Å²) in [6, 6.07) is 9.30. The van der Waals surface area contributed by atoms with Gasteiger partial charge in [-0.2, -0.15) is 15.1 Å². The lowest BCUT2D eigenvalue weighted by Gasteiger charge is -2.49. The standard InChI is InChI=1S/C35H42ClFN10O/c1-22-38-31(42-41-22)30-29(36)28-20-45(13-7-15-47(28)43-30)32-25-19-44(2)35(12-5-9-23-8-3-4-10-26(23)35)17-27(25)39-33(40-32)48-21-34-11-6-14-46(34)18-24(37)16-34/h3-4,8,10,24H,5-7,9,11-21H2,1-2H3,(H,38,41,42)/t24-,34+,35+/m1/s1. The third kappa shape index (κ3) is 4.85. The summed E-state index contributed by atoms with van der Waals surface area (Å²) in [5.74, 6) is 2.18. The second-order valence-corrected chi connectivity index (χ2v) is 14.9. The largest absolute Gasteiger partial charge is 0.461 e. The molecule has 2 fully saturated rings. The van der Waals surface area contributed by atoms with Crippen molar-refractivity contribution in [2.75, 3.05) is 38.2 Å². The van der Waals surface area contributed by atoms with E-state index >= 15 is 0 Å². The lowest BCUT2D eigenvalue weighted by molar-refractivity contribution is 0.0714. The quantitative estimate of drug-likeness (QED) is 0.314. The number of hydrogen-bond acceptors (Lipinski definition) is 9. The molecule has 4 aromatic rings. The number of rotatable bonds is 5. The first-order valence-corrected chi connectivity index (χ1v) is 17.8. The number of fused-ring (bicyclic) bond motifs is 5. The topological polar surface area (TPSA) is 104 Å². The van der Waals surface area contributed by atoms with E-state index in [9.17, 15) is 4.39 Å². The minimum Gasteiger partial charge on any atom is -0.461 e. The maximum Gasteiger partial charge on any atom is 0.318 e. The second kappa shape index (κ2) is 11.5. The second-order valence-electron chi connectivity index (χ2n) is 14.6. The molecule has 1 aromatic carbocycles.